The number of nitrogens with zero attached hydrogens (tertiary/aromatic N) is 2. The van der Waals surface area contributed by atoms with E-state index in [1.165, 1.54) is 0 Å². The highest BCUT2D eigenvalue weighted by molar-refractivity contribution is 6.14. The van der Waals surface area contributed by atoms with Crippen LogP contribution in [-0.2, 0) is 4.79 Å². The summed E-state index contributed by atoms with van der Waals surface area (Å²) in [5, 5.41) is 20.5. The number of rotatable bonds is 6. The molecule has 2 aromatic rings. The Hall–Kier alpha value is -3.32. The fourth-order valence-electron chi connectivity index (χ4n) is 4.21. The third kappa shape index (κ3) is 4.02. The Balaban J connectivity index is 2.41. The van der Waals surface area contributed by atoms with Crippen LogP contribution in [0.4, 0.5) is 0 Å². The van der Waals surface area contributed by atoms with Crippen molar-refractivity contribution >= 4 is 17.2 Å². The summed E-state index contributed by atoms with van der Waals surface area (Å²) in [6.07, 6.45) is 0.773. The van der Waals surface area contributed by atoms with Gasteiger partial charge in [-0.05, 0) is 37.3 Å². The summed E-state index contributed by atoms with van der Waals surface area (Å²) in [6.45, 7) is 8.89. The highest BCUT2D eigenvalue weighted by Gasteiger charge is 2.38. The molecule has 1 heterocycles. The van der Waals surface area contributed by atoms with Gasteiger partial charge in [-0.1, -0.05) is 74.0 Å². The van der Waals surface area contributed by atoms with Gasteiger partial charge >= 0.3 is 5.97 Å². The third-order valence-electron chi connectivity index (χ3n) is 5.51. The van der Waals surface area contributed by atoms with Crippen molar-refractivity contribution in [1.29, 1.82) is 5.26 Å². The fourth-order valence-corrected chi connectivity index (χ4v) is 4.21. The van der Waals surface area contributed by atoms with Gasteiger partial charge in [0.1, 0.15) is 0 Å². The molecule has 0 spiro atoms. The van der Waals surface area contributed by atoms with Gasteiger partial charge in [0.2, 0.25) is 0 Å². The maximum Gasteiger partial charge on any atom is 0.338 e. The van der Waals surface area contributed by atoms with E-state index in [9.17, 15) is 15.2 Å². The summed E-state index contributed by atoms with van der Waals surface area (Å²) < 4.78 is 0. The van der Waals surface area contributed by atoms with E-state index < -0.39 is 5.97 Å². The van der Waals surface area contributed by atoms with Gasteiger partial charge in [-0.3, -0.25) is 0 Å². The number of carboxylic acids is 1. The lowest BCUT2D eigenvalue weighted by molar-refractivity contribution is -0.132. The summed E-state index contributed by atoms with van der Waals surface area (Å²) in [7, 11) is 0. The van der Waals surface area contributed by atoms with Crippen molar-refractivity contribution in [3.05, 3.63) is 82.4 Å². The molecule has 1 aliphatic heterocycles. The Labute approximate surface area is 178 Å². The largest absolute Gasteiger partial charge is 0.478 e. The van der Waals surface area contributed by atoms with Crippen molar-refractivity contribution in [3.8, 4) is 6.07 Å². The van der Waals surface area contributed by atoms with Crippen LogP contribution in [0.15, 0.2) is 65.7 Å². The van der Waals surface area contributed by atoms with Gasteiger partial charge < -0.3 is 10.0 Å². The first-order valence-electron chi connectivity index (χ1n) is 10.4. The van der Waals surface area contributed by atoms with Gasteiger partial charge in [-0.25, -0.2) is 4.79 Å². The lowest BCUT2D eigenvalue weighted by atomic mass is 9.80. The first-order valence-corrected chi connectivity index (χ1v) is 10.4. The summed E-state index contributed by atoms with van der Waals surface area (Å²) in [6, 6.07) is 19.6. The van der Waals surface area contributed by atoms with Crippen LogP contribution in [0.25, 0.3) is 11.3 Å². The molecule has 0 bridgehead atoms. The maximum absolute atomic E-state index is 12.6. The van der Waals surface area contributed by atoms with Crippen molar-refractivity contribution in [2.75, 3.05) is 6.54 Å². The number of benzene rings is 2. The van der Waals surface area contributed by atoms with Gasteiger partial charge in [-0.2, -0.15) is 5.26 Å². The van der Waals surface area contributed by atoms with Crippen molar-refractivity contribution in [2.45, 2.75) is 40.2 Å². The molecule has 4 nitrogen and oxygen atoms in total. The SMILES string of the molecule is CCN1C(c2ccccc2)=C(C(=O)O)C(c2ccc(C)cc2)=C(C#N)C1CC(C)C. The number of aliphatic carboxylic acids is 1. The normalized spacial score (nSPS) is 16.8. The Morgan fingerprint density at radius 2 is 1.73 bits per heavy atom. The van der Waals surface area contributed by atoms with Gasteiger partial charge in [0.15, 0.2) is 0 Å². The van der Waals surface area contributed by atoms with Crippen LogP contribution in [0.5, 0.6) is 0 Å². The lowest BCUT2D eigenvalue weighted by Crippen LogP contribution is -2.41. The number of likely N-dealkylation sites (N-methyl/N-ethyl adjacent to an activating group) is 1. The minimum absolute atomic E-state index is 0.172. The average Bonchev–Trinajstić information content (AvgIpc) is 2.73. The molecule has 3 rings (SSSR count). The molecule has 0 aromatic heterocycles. The van der Waals surface area contributed by atoms with Crippen LogP contribution >= 0.6 is 0 Å². The standard InChI is InChI=1S/C26H28N2O2/c1-5-28-22(15-17(2)3)21(16-27)23(19-13-11-18(4)12-14-19)24(26(29)30)25(28)20-9-7-6-8-10-20/h6-14,17,22H,5,15H2,1-4H3,(H,29,30). The van der Waals surface area contributed by atoms with E-state index in [1.54, 1.807) is 0 Å². The molecule has 1 aliphatic rings. The summed E-state index contributed by atoms with van der Waals surface area (Å²) in [4.78, 5) is 14.7. The van der Waals surface area contributed by atoms with Crippen LogP contribution in [0.3, 0.4) is 0 Å². The molecular formula is C26H28N2O2. The average molecular weight is 401 g/mol. The van der Waals surface area contributed by atoms with E-state index >= 15 is 0 Å². The number of hydrogen-bond acceptors (Lipinski definition) is 3. The monoisotopic (exact) mass is 400 g/mol. The second-order valence-corrected chi connectivity index (χ2v) is 8.09. The molecule has 154 valence electrons. The number of nitriles is 1. The molecule has 0 radical (unpaired) electrons. The van der Waals surface area contributed by atoms with Crippen LogP contribution in [0, 0.1) is 24.2 Å². The highest BCUT2D eigenvalue weighted by atomic mass is 16.4. The van der Waals surface area contributed by atoms with Crippen LogP contribution in [-0.4, -0.2) is 28.6 Å². The molecule has 0 aliphatic carbocycles. The van der Waals surface area contributed by atoms with E-state index in [0.717, 1.165) is 23.1 Å². The first-order chi connectivity index (χ1) is 14.4. The highest BCUT2D eigenvalue weighted by Crippen LogP contribution is 2.43. The molecule has 0 saturated carbocycles. The van der Waals surface area contributed by atoms with Crippen LogP contribution in [0.1, 0.15) is 43.9 Å². The lowest BCUT2D eigenvalue weighted by Gasteiger charge is -2.41. The van der Waals surface area contributed by atoms with Crippen molar-refractivity contribution in [1.82, 2.24) is 4.90 Å². The van der Waals surface area contributed by atoms with Crippen LogP contribution in [0.2, 0.25) is 0 Å². The van der Waals surface area contributed by atoms with Crippen molar-refractivity contribution in [2.24, 2.45) is 5.92 Å². The van der Waals surface area contributed by atoms with Crippen molar-refractivity contribution < 1.29 is 9.90 Å². The minimum Gasteiger partial charge on any atom is -0.478 e. The zero-order valence-electron chi connectivity index (χ0n) is 18.0. The third-order valence-corrected chi connectivity index (χ3v) is 5.51. The summed E-state index contributed by atoms with van der Waals surface area (Å²) >= 11 is 0. The van der Waals surface area contributed by atoms with Crippen LogP contribution < -0.4 is 0 Å². The Kier molecular flexibility index (Phi) is 6.42. The number of aryl methyl sites for hydroxylation is 1. The number of hydrogen-bond donors (Lipinski definition) is 1. The predicted octanol–water partition coefficient (Wildman–Crippen LogP) is 5.52. The quantitative estimate of drug-likeness (QED) is 0.693. The molecule has 0 fully saturated rings. The predicted molar refractivity (Wildman–Crippen MR) is 120 cm³/mol. The Morgan fingerprint density at radius 1 is 1.10 bits per heavy atom. The second-order valence-electron chi connectivity index (χ2n) is 8.09. The minimum atomic E-state index is -1.02. The Bertz CT molecular complexity index is 1020. The van der Waals surface area contributed by atoms with Gasteiger partial charge in [0.25, 0.3) is 0 Å². The molecule has 0 amide bonds. The van der Waals surface area contributed by atoms with Crippen molar-refractivity contribution in [3.63, 3.8) is 0 Å². The molecular weight excluding hydrogens is 372 g/mol. The zero-order chi connectivity index (χ0) is 21.8. The van der Waals surface area contributed by atoms with E-state index in [2.05, 4.69) is 24.8 Å². The van der Waals surface area contributed by atoms with Gasteiger partial charge in [-0.15, -0.1) is 0 Å². The molecule has 30 heavy (non-hydrogen) atoms. The van der Waals surface area contributed by atoms with E-state index in [0.29, 0.717) is 29.3 Å². The van der Waals surface area contributed by atoms with E-state index in [1.807, 2.05) is 68.4 Å². The molecule has 1 atom stereocenters. The first kappa shape index (κ1) is 21.4. The Morgan fingerprint density at radius 3 is 2.23 bits per heavy atom. The molecule has 2 aromatic carbocycles. The summed E-state index contributed by atoms with van der Waals surface area (Å²) in [5.74, 6) is -0.659. The topological polar surface area (TPSA) is 64.3 Å². The fraction of sp³-hybridized carbons (Fsp3) is 0.308. The second kappa shape index (κ2) is 9.00. The number of carbonyl (C=O) groups is 1. The molecule has 4 heteroatoms. The zero-order valence-corrected chi connectivity index (χ0v) is 18.0. The summed E-state index contributed by atoms with van der Waals surface area (Å²) in [5.41, 5.74) is 4.67. The van der Waals surface area contributed by atoms with Gasteiger partial charge in [0.05, 0.1) is 29.0 Å². The maximum atomic E-state index is 12.6. The van der Waals surface area contributed by atoms with E-state index in [-0.39, 0.29) is 11.6 Å². The number of carboxylic acid groups (broad SMARTS) is 1. The smallest absolute Gasteiger partial charge is 0.338 e. The molecule has 0 saturated heterocycles. The molecule has 1 unspecified atom stereocenters. The molecule has 1 N–H and O–H groups in total. The van der Waals surface area contributed by atoms with E-state index in [4.69, 9.17) is 0 Å². The van der Waals surface area contributed by atoms with Gasteiger partial charge in [0, 0.05) is 12.1 Å².